The third kappa shape index (κ3) is 3.66. The minimum absolute atomic E-state index is 0.312. The van der Waals surface area contributed by atoms with Crippen LogP contribution in [0.3, 0.4) is 0 Å². The van der Waals surface area contributed by atoms with Gasteiger partial charge >= 0.3 is 0 Å². The van der Waals surface area contributed by atoms with E-state index in [1.807, 2.05) is 36.2 Å². The Morgan fingerprint density at radius 2 is 1.28 bits per heavy atom. The van der Waals surface area contributed by atoms with Crippen molar-refractivity contribution in [3.63, 3.8) is 0 Å². The number of carbonyl (C=O) groups is 2. The van der Waals surface area contributed by atoms with Gasteiger partial charge in [-0.3, -0.25) is 9.59 Å². The van der Waals surface area contributed by atoms with Crippen LogP contribution >= 0.6 is 0 Å². The van der Waals surface area contributed by atoms with Gasteiger partial charge in [0.25, 0.3) is 11.8 Å². The number of nitrogens with zero attached hydrogens (tertiary/aromatic N) is 4. The van der Waals surface area contributed by atoms with Gasteiger partial charge < -0.3 is 14.7 Å². The molecule has 0 aliphatic carbocycles. The van der Waals surface area contributed by atoms with Gasteiger partial charge in [0.1, 0.15) is 11.5 Å². The monoisotopic (exact) mass is 434 g/mol. The maximum Gasteiger partial charge on any atom is 0.282 e. The first-order valence-electron chi connectivity index (χ1n) is 11.2. The van der Waals surface area contributed by atoms with Gasteiger partial charge in [-0.05, 0) is 61.9 Å². The van der Waals surface area contributed by atoms with Gasteiger partial charge in [0.15, 0.2) is 0 Å². The molecule has 5 rings (SSSR count). The fraction of sp³-hybridized carbons (Fsp3) is 0.360. The summed E-state index contributed by atoms with van der Waals surface area (Å²) in [6.07, 6.45) is 2.37. The second-order valence-electron chi connectivity index (χ2n) is 8.68. The first-order valence-corrected chi connectivity index (χ1v) is 11.2. The second kappa shape index (κ2) is 8.39. The number of imide groups is 1. The van der Waals surface area contributed by atoms with Crippen molar-refractivity contribution in [2.75, 3.05) is 56.1 Å². The molecule has 2 amide bonds. The minimum Gasteiger partial charge on any atom is -0.372 e. The van der Waals surface area contributed by atoms with E-state index < -0.39 is 0 Å². The molecule has 3 aliphatic heterocycles. The Labute approximate surface area is 187 Å². The quantitative estimate of drug-likeness (QED) is 0.693. The number of hydrogen-bond donors (Lipinski definition) is 0. The topological polar surface area (TPSA) is 47.1 Å². The van der Waals surface area contributed by atoms with Crippen molar-refractivity contribution in [2.24, 2.45) is 0 Å². The molecule has 0 N–H and O–H groups in total. The van der Waals surface area contributed by atoms with Crippen LogP contribution in [0.25, 0.3) is 5.57 Å². The molecule has 0 unspecified atom stereocenters. The summed E-state index contributed by atoms with van der Waals surface area (Å²) in [5, 5.41) is 0. The van der Waals surface area contributed by atoms with Gasteiger partial charge in [0.05, 0.1) is 11.3 Å². The SMILES string of the molecule is CN1CCN(C2=C(c3ccc(F)cc3)C(=O)N(c3ccc(N4CCCC4)cc3)C2=O)CC1. The smallest absolute Gasteiger partial charge is 0.282 e. The normalized spacial score (nSPS) is 20.1. The number of likely N-dealkylation sites (N-methyl/N-ethyl adjacent to an activating group) is 1. The molecule has 3 heterocycles. The lowest BCUT2D eigenvalue weighted by atomic mass is 10.0. The number of carbonyl (C=O) groups excluding carboxylic acids is 2. The van der Waals surface area contributed by atoms with Crippen LogP contribution in [-0.2, 0) is 9.59 Å². The Hall–Kier alpha value is -3.19. The molecule has 3 aliphatic rings. The lowest BCUT2D eigenvalue weighted by molar-refractivity contribution is -0.120. The lowest BCUT2D eigenvalue weighted by Crippen LogP contribution is -2.46. The van der Waals surface area contributed by atoms with Crippen molar-refractivity contribution in [1.82, 2.24) is 9.80 Å². The van der Waals surface area contributed by atoms with Crippen molar-refractivity contribution in [3.8, 4) is 0 Å². The van der Waals surface area contributed by atoms with Crippen molar-refractivity contribution in [3.05, 3.63) is 65.6 Å². The highest BCUT2D eigenvalue weighted by Gasteiger charge is 2.43. The summed E-state index contributed by atoms with van der Waals surface area (Å²) in [5.74, 6) is -1.04. The van der Waals surface area contributed by atoms with Gasteiger partial charge in [-0.1, -0.05) is 12.1 Å². The molecule has 7 heteroatoms. The van der Waals surface area contributed by atoms with Crippen LogP contribution in [0.2, 0.25) is 0 Å². The average molecular weight is 435 g/mol. The Morgan fingerprint density at radius 1 is 0.688 bits per heavy atom. The lowest BCUT2D eigenvalue weighted by Gasteiger charge is -2.34. The molecule has 0 saturated carbocycles. The first kappa shape index (κ1) is 20.7. The molecule has 0 bridgehead atoms. The molecule has 2 aromatic rings. The molecule has 0 radical (unpaired) electrons. The summed E-state index contributed by atoms with van der Waals surface area (Å²) in [4.78, 5) is 34.9. The number of benzene rings is 2. The summed E-state index contributed by atoms with van der Waals surface area (Å²) in [7, 11) is 2.04. The van der Waals surface area contributed by atoms with Crippen molar-refractivity contribution < 1.29 is 14.0 Å². The number of anilines is 2. The number of amides is 2. The zero-order chi connectivity index (χ0) is 22.2. The van der Waals surface area contributed by atoms with Crippen LogP contribution in [0, 0.1) is 5.82 Å². The zero-order valence-electron chi connectivity index (χ0n) is 18.3. The van der Waals surface area contributed by atoms with Crippen LogP contribution in [0.4, 0.5) is 15.8 Å². The zero-order valence-corrected chi connectivity index (χ0v) is 18.3. The molecular weight excluding hydrogens is 407 g/mol. The Morgan fingerprint density at radius 3 is 1.91 bits per heavy atom. The number of halogens is 1. The van der Waals surface area contributed by atoms with Crippen LogP contribution in [0.1, 0.15) is 18.4 Å². The van der Waals surface area contributed by atoms with E-state index in [0.29, 0.717) is 35.6 Å². The second-order valence-corrected chi connectivity index (χ2v) is 8.68. The minimum atomic E-state index is -0.373. The van der Waals surface area contributed by atoms with E-state index in [9.17, 15) is 14.0 Å². The number of rotatable bonds is 4. The fourth-order valence-corrected chi connectivity index (χ4v) is 4.74. The molecule has 0 atom stereocenters. The molecule has 2 fully saturated rings. The Balaban J connectivity index is 1.50. The molecule has 6 nitrogen and oxygen atoms in total. The highest BCUT2D eigenvalue weighted by Crippen LogP contribution is 2.36. The molecule has 0 spiro atoms. The summed E-state index contributed by atoms with van der Waals surface area (Å²) in [5.41, 5.74) is 3.00. The third-order valence-corrected chi connectivity index (χ3v) is 6.59. The van der Waals surface area contributed by atoms with Gasteiger partial charge in [-0.15, -0.1) is 0 Å². The summed E-state index contributed by atoms with van der Waals surface area (Å²) >= 11 is 0. The fourth-order valence-electron chi connectivity index (χ4n) is 4.74. The Bertz CT molecular complexity index is 1050. The van der Waals surface area contributed by atoms with Crippen LogP contribution < -0.4 is 9.80 Å². The van der Waals surface area contributed by atoms with E-state index >= 15 is 0 Å². The standard InChI is InChI=1S/C25H27FN4O2/c1-27-14-16-29(17-15-27)23-22(18-4-6-19(26)7-5-18)24(31)30(25(23)32)21-10-8-20(9-11-21)28-12-2-3-13-28/h4-11H,2-3,12-17H2,1H3. The predicted molar refractivity (Wildman–Crippen MR) is 123 cm³/mol. The van der Waals surface area contributed by atoms with E-state index in [2.05, 4.69) is 9.80 Å². The molecule has 2 aromatic carbocycles. The summed E-state index contributed by atoms with van der Waals surface area (Å²) in [6.45, 7) is 5.02. The van der Waals surface area contributed by atoms with E-state index in [1.54, 1.807) is 12.1 Å². The largest absolute Gasteiger partial charge is 0.372 e. The third-order valence-electron chi connectivity index (χ3n) is 6.59. The van der Waals surface area contributed by atoms with E-state index in [-0.39, 0.29) is 17.6 Å². The van der Waals surface area contributed by atoms with E-state index in [4.69, 9.17) is 0 Å². The summed E-state index contributed by atoms with van der Waals surface area (Å²) in [6, 6.07) is 13.5. The van der Waals surface area contributed by atoms with Crippen LogP contribution in [0.15, 0.2) is 54.2 Å². The Kier molecular flexibility index (Phi) is 5.43. The van der Waals surface area contributed by atoms with Crippen molar-refractivity contribution in [2.45, 2.75) is 12.8 Å². The molecule has 2 saturated heterocycles. The highest BCUT2D eigenvalue weighted by molar-refractivity contribution is 6.45. The molecule has 32 heavy (non-hydrogen) atoms. The van der Waals surface area contributed by atoms with E-state index in [1.165, 1.54) is 29.9 Å². The van der Waals surface area contributed by atoms with Crippen LogP contribution in [0.5, 0.6) is 0 Å². The highest BCUT2D eigenvalue weighted by atomic mass is 19.1. The number of piperazine rings is 1. The van der Waals surface area contributed by atoms with Gasteiger partial charge in [0, 0.05) is 45.0 Å². The van der Waals surface area contributed by atoms with E-state index in [0.717, 1.165) is 31.9 Å². The maximum absolute atomic E-state index is 13.6. The maximum atomic E-state index is 13.6. The number of hydrogen-bond acceptors (Lipinski definition) is 5. The summed E-state index contributed by atoms with van der Waals surface area (Å²) < 4.78 is 13.6. The van der Waals surface area contributed by atoms with Gasteiger partial charge in [0.2, 0.25) is 0 Å². The van der Waals surface area contributed by atoms with Crippen molar-refractivity contribution >= 4 is 28.8 Å². The average Bonchev–Trinajstić information content (AvgIpc) is 3.42. The molecule has 166 valence electrons. The van der Waals surface area contributed by atoms with Crippen molar-refractivity contribution in [1.29, 1.82) is 0 Å². The predicted octanol–water partition coefficient (Wildman–Crippen LogP) is 2.96. The van der Waals surface area contributed by atoms with Gasteiger partial charge in [-0.25, -0.2) is 9.29 Å². The van der Waals surface area contributed by atoms with Gasteiger partial charge in [-0.2, -0.15) is 0 Å². The molecule has 0 aromatic heterocycles. The van der Waals surface area contributed by atoms with Crippen LogP contribution in [-0.4, -0.2) is 67.9 Å². The molecular formula is C25H27FN4O2. The first-order chi connectivity index (χ1) is 15.5.